The van der Waals surface area contributed by atoms with Crippen LogP contribution < -0.4 is 10.9 Å². The van der Waals surface area contributed by atoms with E-state index in [-0.39, 0.29) is 40.8 Å². The Labute approximate surface area is 267 Å². The minimum absolute atomic E-state index is 0.0130. The van der Waals surface area contributed by atoms with Gasteiger partial charge in [-0.15, -0.1) is 5.10 Å². The van der Waals surface area contributed by atoms with Gasteiger partial charge >= 0.3 is 0 Å². The first kappa shape index (κ1) is 30.7. The second kappa shape index (κ2) is 11.7. The topological polar surface area (TPSA) is 144 Å². The smallest absolute Gasteiger partial charge is 0.279 e. The second-order valence-electron chi connectivity index (χ2n) is 12.4. The molecule has 7 rings (SSSR count). The number of halogens is 2. The van der Waals surface area contributed by atoms with Gasteiger partial charge in [-0.2, -0.15) is 9.50 Å². The molecule has 3 aromatic heterocycles. The standard InChI is InChI=1S/C33H33F2N7O5/c1-32(34,35)21-4-6-22(7-5-21)37-25(44)19-41-23-8-11-33(12-15-40(16-13-33)30(46)27-24(43)3-2-14-36-27)26(23)29(45)42-31(41)38-28(39-42)20-9-17-47-18-10-20/h2-7,9,14,43H,8,10-13,15-19H2,1H3,(H,37,44). The number of aromatic hydroxyl groups is 1. The van der Waals surface area contributed by atoms with Crippen LogP contribution in [-0.2, 0) is 33.8 Å². The predicted molar refractivity (Wildman–Crippen MR) is 166 cm³/mol. The van der Waals surface area contributed by atoms with Crippen molar-refractivity contribution in [3.8, 4) is 5.75 Å². The number of fused-ring (bicyclic) bond motifs is 3. The average molecular weight is 646 g/mol. The number of likely N-dealkylation sites (tertiary alicyclic amines) is 1. The zero-order valence-electron chi connectivity index (χ0n) is 25.7. The number of hydrogen-bond donors (Lipinski definition) is 2. The van der Waals surface area contributed by atoms with Crippen LogP contribution in [0.3, 0.4) is 0 Å². The second-order valence-corrected chi connectivity index (χ2v) is 12.4. The molecule has 2 N–H and O–H groups in total. The molecule has 1 spiro atoms. The van der Waals surface area contributed by atoms with Crippen molar-refractivity contribution in [2.75, 3.05) is 31.6 Å². The number of benzene rings is 1. The fourth-order valence-corrected chi connectivity index (χ4v) is 6.95. The van der Waals surface area contributed by atoms with E-state index >= 15 is 0 Å². The Hall–Kier alpha value is -4.98. The maximum Gasteiger partial charge on any atom is 0.279 e. The van der Waals surface area contributed by atoms with Gasteiger partial charge in [0.05, 0.1) is 13.2 Å². The molecule has 12 nitrogen and oxygen atoms in total. The van der Waals surface area contributed by atoms with Gasteiger partial charge in [0.2, 0.25) is 11.7 Å². The summed E-state index contributed by atoms with van der Waals surface area (Å²) in [6.45, 7) is 2.25. The molecule has 0 bridgehead atoms. The third-order valence-corrected chi connectivity index (χ3v) is 9.45. The van der Waals surface area contributed by atoms with Gasteiger partial charge in [-0.1, -0.05) is 18.2 Å². The molecule has 2 amide bonds. The first-order valence-corrected chi connectivity index (χ1v) is 15.6. The number of nitrogens with one attached hydrogen (secondary N) is 1. The molecule has 1 aliphatic carbocycles. The Kier molecular flexibility index (Phi) is 7.62. The number of hydrogen-bond acceptors (Lipinski definition) is 8. The van der Waals surface area contributed by atoms with E-state index in [2.05, 4.69) is 15.4 Å². The largest absolute Gasteiger partial charge is 0.505 e. The Morgan fingerprint density at radius 3 is 2.55 bits per heavy atom. The van der Waals surface area contributed by atoms with Gasteiger partial charge in [0.1, 0.15) is 12.3 Å². The van der Waals surface area contributed by atoms with Crippen molar-refractivity contribution in [1.82, 2.24) is 29.0 Å². The fraction of sp³-hybridized carbons (Fsp3) is 0.394. The normalized spacial score (nSPS) is 17.5. The first-order chi connectivity index (χ1) is 22.5. The molecule has 3 aliphatic rings. The van der Waals surface area contributed by atoms with Gasteiger partial charge < -0.3 is 24.6 Å². The van der Waals surface area contributed by atoms with Crippen LogP contribution in [0.4, 0.5) is 14.5 Å². The molecule has 2 aliphatic heterocycles. The van der Waals surface area contributed by atoms with Gasteiger partial charge in [-0.05, 0) is 61.9 Å². The van der Waals surface area contributed by atoms with E-state index in [0.29, 0.717) is 81.2 Å². The maximum atomic E-state index is 14.2. The summed E-state index contributed by atoms with van der Waals surface area (Å²) >= 11 is 0. The quantitative estimate of drug-likeness (QED) is 0.324. The van der Waals surface area contributed by atoms with Gasteiger partial charge in [-0.3, -0.25) is 14.4 Å². The molecule has 0 radical (unpaired) electrons. The molecule has 0 unspecified atom stereocenters. The molecule has 0 saturated carbocycles. The molecule has 1 fully saturated rings. The van der Waals surface area contributed by atoms with Crippen LogP contribution in [0.5, 0.6) is 5.75 Å². The molecule has 0 atom stereocenters. The SMILES string of the molecule is CC(F)(F)c1ccc(NC(=O)Cn2c3c(c(=O)n4nc(C5=CCOCC5)nc24)C2(CC3)CCN(C(=O)c3ncccc3O)CC2)cc1. The number of carbonyl (C=O) groups excluding carboxylic acids is 2. The van der Waals surface area contributed by atoms with Crippen molar-refractivity contribution < 1.29 is 28.2 Å². The molecular weight excluding hydrogens is 612 g/mol. The third kappa shape index (κ3) is 5.56. The number of alkyl halides is 2. The molecule has 47 heavy (non-hydrogen) atoms. The Morgan fingerprint density at radius 2 is 1.87 bits per heavy atom. The summed E-state index contributed by atoms with van der Waals surface area (Å²) in [6, 6.07) is 8.37. The summed E-state index contributed by atoms with van der Waals surface area (Å²) in [5.74, 6) is -3.35. The molecule has 1 aromatic carbocycles. The van der Waals surface area contributed by atoms with Crippen LogP contribution in [0.25, 0.3) is 11.4 Å². The van der Waals surface area contributed by atoms with Crippen LogP contribution in [0.15, 0.2) is 53.5 Å². The molecule has 244 valence electrons. The highest BCUT2D eigenvalue weighted by Crippen LogP contribution is 2.45. The minimum atomic E-state index is -3.00. The van der Waals surface area contributed by atoms with Crippen LogP contribution in [0.2, 0.25) is 0 Å². The fourth-order valence-electron chi connectivity index (χ4n) is 6.95. The number of aromatic nitrogens is 5. The summed E-state index contributed by atoms with van der Waals surface area (Å²) in [6.07, 6.45) is 6.09. The highest BCUT2D eigenvalue weighted by atomic mass is 19.3. The lowest BCUT2D eigenvalue weighted by Crippen LogP contribution is -2.46. The van der Waals surface area contributed by atoms with Crippen molar-refractivity contribution >= 4 is 28.9 Å². The summed E-state index contributed by atoms with van der Waals surface area (Å²) in [5, 5.41) is 17.6. The number of nitrogens with zero attached hydrogens (tertiary/aromatic N) is 6. The van der Waals surface area contributed by atoms with Gasteiger partial charge in [0, 0.05) is 54.1 Å². The molecule has 5 heterocycles. The lowest BCUT2D eigenvalue weighted by Gasteiger charge is -2.39. The number of amides is 2. The van der Waals surface area contributed by atoms with E-state index in [1.165, 1.54) is 41.0 Å². The average Bonchev–Trinajstić information content (AvgIpc) is 3.67. The van der Waals surface area contributed by atoms with Crippen molar-refractivity contribution in [3.63, 3.8) is 0 Å². The molecular formula is C33H33F2N7O5. The lowest BCUT2D eigenvalue weighted by atomic mass is 9.74. The number of pyridine rings is 1. The summed E-state index contributed by atoms with van der Waals surface area (Å²) in [4.78, 5) is 51.3. The van der Waals surface area contributed by atoms with E-state index in [9.17, 15) is 28.3 Å². The Bertz CT molecular complexity index is 1970. The predicted octanol–water partition coefficient (Wildman–Crippen LogP) is 3.67. The summed E-state index contributed by atoms with van der Waals surface area (Å²) < 4.78 is 35.9. The first-order valence-electron chi connectivity index (χ1n) is 15.6. The highest BCUT2D eigenvalue weighted by Gasteiger charge is 2.46. The molecule has 4 aromatic rings. The number of anilines is 1. The van der Waals surface area contributed by atoms with E-state index < -0.39 is 17.2 Å². The lowest BCUT2D eigenvalue weighted by molar-refractivity contribution is -0.116. The van der Waals surface area contributed by atoms with Crippen molar-refractivity contribution in [1.29, 1.82) is 0 Å². The van der Waals surface area contributed by atoms with E-state index in [4.69, 9.17) is 9.72 Å². The van der Waals surface area contributed by atoms with Crippen LogP contribution in [0.1, 0.15) is 65.7 Å². The van der Waals surface area contributed by atoms with Crippen LogP contribution >= 0.6 is 0 Å². The van der Waals surface area contributed by atoms with Crippen LogP contribution in [-0.4, -0.2) is 72.3 Å². The van der Waals surface area contributed by atoms with Crippen molar-refractivity contribution in [3.05, 3.63) is 87.4 Å². The Balaban J connectivity index is 1.23. The van der Waals surface area contributed by atoms with Crippen LogP contribution in [0, 0.1) is 0 Å². The summed E-state index contributed by atoms with van der Waals surface area (Å²) in [7, 11) is 0. The number of ether oxygens (including phenoxy) is 1. The van der Waals surface area contributed by atoms with Gasteiger partial charge in [0.15, 0.2) is 11.5 Å². The number of piperidine rings is 1. The van der Waals surface area contributed by atoms with E-state index in [1.807, 2.05) is 6.08 Å². The monoisotopic (exact) mass is 645 g/mol. The van der Waals surface area contributed by atoms with Crippen molar-refractivity contribution in [2.45, 2.75) is 56.9 Å². The zero-order chi connectivity index (χ0) is 32.9. The Morgan fingerprint density at radius 1 is 1.11 bits per heavy atom. The van der Waals surface area contributed by atoms with Crippen molar-refractivity contribution in [2.24, 2.45) is 0 Å². The van der Waals surface area contributed by atoms with E-state index in [0.717, 1.165) is 12.5 Å². The maximum absolute atomic E-state index is 14.2. The minimum Gasteiger partial charge on any atom is -0.505 e. The number of carbonyl (C=O) groups is 2. The van der Waals surface area contributed by atoms with Gasteiger partial charge in [-0.25, -0.2) is 13.8 Å². The molecule has 1 saturated heterocycles. The van der Waals surface area contributed by atoms with Gasteiger partial charge in [0.25, 0.3) is 17.4 Å². The third-order valence-electron chi connectivity index (χ3n) is 9.45. The highest BCUT2D eigenvalue weighted by molar-refractivity contribution is 5.95. The van der Waals surface area contributed by atoms with E-state index in [1.54, 1.807) is 15.5 Å². The number of rotatable bonds is 6. The zero-order valence-corrected chi connectivity index (χ0v) is 25.7. The molecule has 14 heteroatoms. The summed E-state index contributed by atoms with van der Waals surface area (Å²) in [5.41, 5.74) is 1.45.